The second kappa shape index (κ2) is 5.30. The highest BCUT2D eigenvalue weighted by Crippen LogP contribution is 2.28. The molecule has 0 aliphatic carbocycles. The molecule has 4 rings (SSSR count). The van der Waals surface area contributed by atoms with Gasteiger partial charge in [0.15, 0.2) is 11.5 Å². The monoisotopic (exact) mass is 320 g/mol. The summed E-state index contributed by atoms with van der Waals surface area (Å²) in [7, 11) is 0. The number of rotatable bonds is 2. The lowest BCUT2D eigenvalue weighted by Gasteiger charge is -2.01. The number of nitrogens with zero attached hydrogens (tertiary/aromatic N) is 4. The largest absolute Gasteiger partial charge is 0.210 e. The van der Waals surface area contributed by atoms with E-state index in [2.05, 4.69) is 16.2 Å². The molecule has 3 aromatic heterocycles. The van der Waals surface area contributed by atoms with Gasteiger partial charge in [0.05, 0.1) is 21.7 Å². The van der Waals surface area contributed by atoms with Crippen molar-refractivity contribution in [2.75, 3.05) is 0 Å². The maximum absolute atomic E-state index is 14.0. The van der Waals surface area contributed by atoms with Crippen LogP contribution >= 0.6 is 11.3 Å². The normalized spacial score (nSPS) is 10.8. The van der Waals surface area contributed by atoms with Crippen molar-refractivity contribution in [3.8, 4) is 28.0 Å². The number of aromatic nitrogens is 3. The van der Waals surface area contributed by atoms with Gasteiger partial charge in [-0.1, -0.05) is 18.2 Å². The number of hydrogen-bond donors (Lipinski definition) is 0. The van der Waals surface area contributed by atoms with Crippen LogP contribution in [0.1, 0.15) is 5.56 Å². The second-order valence-electron chi connectivity index (χ2n) is 4.87. The van der Waals surface area contributed by atoms with Crippen LogP contribution in [0.5, 0.6) is 0 Å². The van der Waals surface area contributed by atoms with Crippen molar-refractivity contribution in [2.45, 2.75) is 0 Å². The third kappa shape index (κ3) is 2.18. The first kappa shape index (κ1) is 13.6. The van der Waals surface area contributed by atoms with E-state index in [4.69, 9.17) is 0 Å². The van der Waals surface area contributed by atoms with E-state index in [0.717, 1.165) is 10.6 Å². The van der Waals surface area contributed by atoms with Crippen LogP contribution in [0.25, 0.3) is 27.6 Å². The maximum Gasteiger partial charge on any atom is 0.185 e. The molecular formula is C17H9FN4S. The average molecular weight is 320 g/mol. The fourth-order valence-corrected chi connectivity index (χ4v) is 3.15. The van der Waals surface area contributed by atoms with Crippen molar-refractivity contribution in [1.29, 1.82) is 5.26 Å². The molecule has 0 aliphatic heterocycles. The summed E-state index contributed by atoms with van der Waals surface area (Å²) < 4.78 is 15.6. The van der Waals surface area contributed by atoms with Crippen LogP contribution in [0.15, 0.2) is 53.9 Å². The molecule has 0 fully saturated rings. The smallest absolute Gasteiger partial charge is 0.185 e. The molecule has 0 radical (unpaired) electrons. The highest BCUT2D eigenvalue weighted by molar-refractivity contribution is 7.13. The summed E-state index contributed by atoms with van der Waals surface area (Å²) in [5, 5.41) is 15.7. The highest BCUT2D eigenvalue weighted by Gasteiger charge is 2.16. The van der Waals surface area contributed by atoms with Crippen LogP contribution in [0.3, 0.4) is 0 Å². The third-order valence-corrected chi connectivity index (χ3v) is 4.39. The molecule has 0 spiro atoms. The molecule has 0 saturated carbocycles. The first-order valence-electron chi connectivity index (χ1n) is 6.86. The SMILES string of the molecule is N#Cc1ccc(-c2cccs2)n2nc(-c3ccccc3F)nc12. The molecule has 3 heterocycles. The summed E-state index contributed by atoms with van der Waals surface area (Å²) in [6, 6.07) is 15.9. The van der Waals surface area contributed by atoms with Crippen molar-refractivity contribution >= 4 is 17.0 Å². The van der Waals surface area contributed by atoms with Crippen molar-refractivity contribution in [3.63, 3.8) is 0 Å². The minimum Gasteiger partial charge on any atom is -0.210 e. The van der Waals surface area contributed by atoms with Gasteiger partial charge in [-0.15, -0.1) is 16.4 Å². The molecule has 0 atom stereocenters. The zero-order chi connectivity index (χ0) is 15.8. The van der Waals surface area contributed by atoms with Crippen LogP contribution in [0, 0.1) is 17.1 Å². The topological polar surface area (TPSA) is 54.0 Å². The third-order valence-electron chi connectivity index (χ3n) is 3.49. The van der Waals surface area contributed by atoms with Gasteiger partial charge in [-0.3, -0.25) is 0 Å². The van der Waals surface area contributed by atoms with E-state index in [1.807, 2.05) is 23.6 Å². The predicted molar refractivity (Wildman–Crippen MR) is 86.4 cm³/mol. The standard InChI is InChI=1S/C17H9FN4S/c18-13-5-2-1-4-12(13)16-20-17-11(10-19)7-8-14(22(17)21-16)15-6-3-9-23-15/h1-9H. The molecule has 0 aliphatic rings. The van der Waals surface area contributed by atoms with Gasteiger partial charge in [0.2, 0.25) is 0 Å². The Labute approximate surface area is 135 Å². The van der Waals surface area contributed by atoms with Crippen molar-refractivity contribution < 1.29 is 4.39 Å². The number of pyridine rings is 1. The van der Waals surface area contributed by atoms with Crippen LogP contribution < -0.4 is 0 Å². The van der Waals surface area contributed by atoms with Crippen LogP contribution in [0.2, 0.25) is 0 Å². The molecule has 0 amide bonds. The van der Waals surface area contributed by atoms with Gasteiger partial charge in [-0.25, -0.2) is 13.9 Å². The number of fused-ring (bicyclic) bond motifs is 1. The Morgan fingerprint density at radius 3 is 2.70 bits per heavy atom. The van der Waals surface area contributed by atoms with Gasteiger partial charge >= 0.3 is 0 Å². The molecule has 0 saturated heterocycles. The Balaban J connectivity index is 2.02. The molecule has 23 heavy (non-hydrogen) atoms. The summed E-state index contributed by atoms with van der Waals surface area (Å²) in [6.07, 6.45) is 0. The van der Waals surface area contributed by atoms with E-state index in [-0.39, 0.29) is 11.6 Å². The second-order valence-corrected chi connectivity index (χ2v) is 5.82. The number of benzene rings is 1. The average Bonchev–Trinajstić information content (AvgIpc) is 3.24. The highest BCUT2D eigenvalue weighted by atomic mass is 32.1. The molecule has 4 nitrogen and oxygen atoms in total. The quantitative estimate of drug-likeness (QED) is 0.558. The maximum atomic E-state index is 14.0. The number of thiophene rings is 1. The van der Waals surface area contributed by atoms with E-state index in [9.17, 15) is 9.65 Å². The van der Waals surface area contributed by atoms with Gasteiger partial charge in [-0.05, 0) is 35.7 Å². The molecule has 1 aromatic carbocycles. The van der Waals surface area contributed by atoms with Gasteiger partial charge in [0, 0.05) is 0 Å². The lowest BCUT2D eigenvalue weighted by atomic mass is 10.2. The molecule has 6 heteroatoms. The number of hydrogen-bond acceptors (Lipinski definition) is 4. The van der Waals surface area contributed by atoms with Gasteiger partial charge in [-0.2, -0.15) is 5.26 Å². The Bertz CT molecular complexity index is 1040. The molecule has 110 valence electrons. The molecule has 0 N–H and O–H groups in total. The Kier molecular flexibility index (Phi) is 3.14. The van der Waals surface area contributed by atoms with Crippen LogP contribution in [0.4, 0.5) is 4.39 Å². The van der Waals surface area contributed by atoms with E-state index < -0.39 is 0 Å². The Morgan fingerprint density at radius 1 is 1.09 bits per heavy atom. The van der Waals surface area contributed by atoms with Gasteiger partial charge in [0.25, 0.3) is 0 Å². The Morgan fingerprint density at radius 2 is 1.96 bits per heavy atom. The lowest BCUT2D eigenvalue weighted by molar-refractivity contribution is 0.630. The van der Waals surface area contributed by atoms with Crippen molar-refractivity contribution in [3.05, 3.63) is 65.3 Å². The van der Waals surface area contributed by atoms with Gasteiger partial charge in [0.1, 0.15) is 11.9 Å². The van der Waals surface area contributed by atoms with Crippen molar-refractivity contribution in [1.82, 2.24) is 14.6 Å². The summed E-state index contributed by atoms with van der Waals surface area (Å²) in [5.74, 6) is -0.122. The lowest BCUT2D eigenvalue weighted by Crippen LogP contribution is -1.95. The van der Waals surface area contributed by atoms with Crippen LogP contribution in [-0.4, -0.2) is 14.6 Å². The zero-order valence-electron chi connectivity index (χ0n) is 11.8. The van der Waals surface area contributed by atoms with E-state index in [0.29, 0.717) is 16.8 Å². The van der Waals surface area contributed by atoms with E-state index in [1.54, 1.807) is 40.1 Å². The first-order valence-corrected chi connectivity index (χ1v) is 7.74. The number of nitriles is 1. The minimum absolute atomic E-state index is 0.267. The molecular weight excluding hydrogens is 311 g/mol. The van der Waals surface area contributed by atoms with E-state index in [1.165, 1.54) is 6.07 Å². The first-order chi connectivity index (χ1) is 11.3. The summed E-state index contributed by atoms with van der Waals surface area (Å²) in [6.45, 7) is 0. The summed E-state index contributed by atoms with van der Waals surface area (Å²) in [5.41, 5.74) is 1.97. The predicted octanol–water partition coefficient (Wildman–Crippen LogP) is 4.14. The van der Waals surface area contributed by atoms with Crippen molar-refractivity contribution in [2.24, 2.45) is 0 Å². The Hall–Kier alpha value is -3.04. The molecule has 4 aromatic rings. The zero-order valence-corrected chi connectivity index (χ0v) is 12.6. The minimum atomic E-state index is -0.389. The summed E-state index contributed by atoms with van der Waals surface area (Å²) in [4.78, 5) is 5.38. The van der Waals surface area contributed by atoms with Gasteiger partial charge < -0.3 is 0 Å². The van der Waals surface area contributed by atoms with E-state index >= 15 is 0 Å². The van der Waals surface area contributed by atoms with Crippen LogP contribution in [-0.2, 0) is 0 Å². The molecule has 0 bridgehead atoms. The summed E-state index contributed by atoms with van der Waals surface area (Å²) >= 11 is 1.57. The molecule has 0 unspecified atom stereocenters. The number of halogens is 1. The fourth-order valence-electron chi connectivity index (χ4n) is 2.42. The fraction of sp³-hybridized carbons (Fsp3) is 0.